The number of hydrogen-bond donors (Lipinski definition) is 1. The molecule has 0 unspecified atom stereocenters. The van der Waals surface area contributed by atoms with Crippen molar-refractivity contribution in [1.82, 2.24) is 0 Å². The van der Waals surface area contributed by atoms with E-state index < -0.39 is 11.9 Å². The zero-order valence-corrected chi connectivity index (χ0v) is 21.7. The smallest absolute Gasteiger partial charge is 0.340 e. The zero-order valence-electron chi connectivity index (χ0n) is 19.4. The Morgan fingerprint density at radius 3 is 2.69 bits per heavy atom. The second-order valence-electron chi connectivity index (χ2n) is 8.08. The number of carbonyl (C=O) groups is 2. The van der Waals surface area contributed by atoms with E-state index in [2.05, 4.69) is 15.9 Å². The molecule has 184 valence electrons. The van der Waals surface area contributed by atoms with Gasteiger partial charge in [0.05, 0.1) is 24.1 Å². The van der Waals surface area contributed by atoms with Crippen molar-refractivity contribution in [3.8, 4) is 11.5 Å². The van der Waals surface area contributed by atoms with E-state index >= 15 is 0 Å². The van der Waals surface area contributed by atoms with Crippen LogP contribution < -0.4 is 15.2 Å². The van der Waals surface area contributed by atoms with E-state index in [1.54, 1.807) is 38.3 Å². The van der Waals surface area contributed by atoms with E-state index in [1.807, 2.05) is 12.1 Å². The van der Waals surface area contributed by atoms with Crippen molar-refractivity contribution in [3.05, 3.63) is 79.8 Å². The molecule has 7 nitrogen and oxygen atoms in total. The maximum atomic E-state index is 13.0. The van der Waals surface area contributed by atoms with Crippen LogP contribution in [-0.4, -0.2) is 25.5 Å². The van der Waals surface area contributed by atoms with Gasteiger partial charge in [0.1, 0.15) is 29.4 Å². The largest absolute Gasteiger partial charge is 0.496 e. The van der Waals surface area contributed by atoms with Crippen molar-refractivity contribution in [1.29, 1.82) is 0 Å². The molecule has 1 atom stereocenters. The second kappa shape index (κ2) is 10.7. The van der Waals surface area contributed by atoms with Crippen molar-refractivity contribution in [2.45, 2.75) is 38.7 Å². The van der Waals surface area contributed by atoms with Crippen molar-refractivity contribution in [2.75, 3.05) is 13.7 Å². The lowest BCUT2D eigenvalue weighted by atomic mass is 9.77. The molecular weight excluding hydrogens is 538 g/mol. The van der Waals surface area contributed by atoms with Crippen LogP contribution >= 0.6 is 27.5 Å². The molecule has 0 radical (unpaired) electrons. The lowest BCUT2D eigenvalue weighted by Crippen LogP contribution is -2.31. The molecule has 2 aliphatic rings. The normalized spacial score (nSPS) is 17.6. The molecule has 1 aliphatic heterocycles. The Morgan fingerprint density at radius 1 is 1.20 bits per heavy atom. The third kappa shape index (κ3) is 5.18. The van der Waals surface area contributed by atoms with Gasteiger partial charge in [-0.1, -0.05) is 17.7 Å². The Bertz CT molecular complexity index is 1240. The summed E-state index contributed by atoms with van der Waals surface area (Å²) in [6.45, 7) is 2.05. The SMILES string of the molecule is CCOC(=O)C1=C(N)OC2=C(C(=O)CCC2)[C@H]1c1ccc(OC)c(COc2ccc(Cl)cc2Br)c1. The standard InChI is InChI=1S/C26H25BrClNO6/c1-3-33-26(31)24-22(23-18(30)5-4-6-21(23)35-25(24)29)14-7-9-19(32-2)15(11-14)13-34-20-10-8-16(28)12-17(20)27/h7-12,22H,3-6,13,29H2,1-2H3/t22-/m1/s1. The van der Waals surface area contributed by atoms with Gasteiger partial charge in [-0.25, -0.2) is 4.79 Å². The van der Waals surface area contributed by atoms with Crippen LogP contribution in [0.2, 0.25) is 5.02 Å². The first-order valence-corrected chi connectivity index (χ1v) is 12.4. The van der Waals surface area contributed by atoms with Gasteiger partial charge in [0.2, 0.25) is 5.88 Å². The topological polar surface area (TPSA) is 97.1 Å². The average Bonchev–Trinajstić information content (AvgIpc) is 2.82. The Kier molecular flexibility index (Phi) is 7.72. The van der Waals surface area contributed by atoms with Gasteiger partial charge in [-0.3, -0.25) is 4.79 Å². The minimum Gasteiger partial charge on any atom is -0.496 e. The maximum absolute atomic E-state index is 13.0. The number of ether oxygens (including phenoxy) is 4. The summed E-state index contributed by atoms with van der Waals surface area (Å²) in [6, 6.07) is 10.7. The van der Waals surface area contributed by atoms with E-state index in [9.17, 15) is 9.59 Å². The molecule has 0 spiro atoms. The predicted molar refractivity (Wildman–Crippen MR) is 134 cm³/mol. The first kappa shape index (κ1) is 25.1. The van der Waals surface area contributed by atoms with Gasteiger partial charge >= 0.3 is 5.97 Å². The highest BCUT2D eigenvalue weighted by atomic mass is 79.9. The van der Waals surface area contributed by atoms with Gasteiger partial charge < -0.3 is 24.7 Å². The first-order chi connectivity index (χ1) is 16.8. The van der Waals surface area contributed by atoms with Crippen LogP contribution in [0.4, 0.5) is 0 Å². The summed E-state index contributed by atoms with van der Waals surface area (Å²) < 4.78 is 23.3. The average molecular weight is 563 g/mol. The van der Waals surface area contributed by atoms with Crippen molar-refractivity contribution in [2.24, 2.45) is 5.73 Å². The predicted octanol–water partition coefficient (Wildman–Crippen LogP) is 5.54. The molecule has 2 aromatic rings. The lowest BCUT2D eigenvalue weighted by Gasteiger charge is -2.32. The summed E-state index contributed by atoms with van der Waals surface area (Å²) in [5.74, 6) is 0.290. The molecule has 0 saturated carbocycles. The minimum atomic E-state index is -0.711. The number of hydrogen-bond acceptors (Lipinski definition) is 7. The fraction of sp³-hybridized carbons (Fsp3) is 0.308. The highest BCUT2D eigenvalue weighted by molar-refractivity contribution is 9.10. The first-order valence-electron chi connectivity index (χ1n) is 11.2. The van der Waals surface area contributed by atoms with Gasteiger partial charge in [0.25, 0.3) is 0 Å². The summed E-state index contributed by atoms with van der Waals surface area (Å²) >= 11 is 9.48. The molecule has 35 heavy (non-hydrogen) atoms. The molecular formula is C26H25BrClNO6. The van der Waals surface area contributed by atoms with Gasteiger partial charge in [-0.15, -0.1) is 0 Å². The van der Waals surface area contributed by atoms with Crippen LogP contribution in [0.25, 0.3) is 0 Å². The number of rotatable bonds is 7. The van der Waals surface area contributed by atoms with E-state index in [0.29, 0.717) is 57.2 Å². The molecule has 0 amide bonds. The highest BCUT2D eigenvalue weighted by Crippen LogP contribution is 2.45. The molecule has 9 heteroatoms. The number of halogens is 2. The Hall–Kier alpha value is -2.97. The fourth-order valence-electron chi connectivity index (χ4n) is 4.34. The summed E-state index contributed by atoms with van der Waals surface area (Å²) in [5.41, 5.74) is 8.19. The van der Waals surface area contributed by atoms with Crippen molar-refractivity contribution in [3.63, 3.8) is 0 Å². The number of nitrogens with two attached hydrogens (primary N) is 1. The quantitative estimate of drug-likeness (QED) is 0.442. The molecule has 0 saturated heterocycles. The molecule has 0 bridgehead atoms. The monoisotopic (exact) mass is 561 g/mol. The highest BCUT2D eigenvalue weighted by Gasteiger charge is 2.41. The van der Waals surface area contributed by atoms with Crippen LogP contribution in [0.5, 0.6) is 11.5 Å². The van der Waals surface area contributed by atoms with E-state index in [0.717, 1.165) is 5.56 Å². The van der Waals surface area contributed by atoms with Crippen LogP contribution in [0.15, 0.2) is 63.7 Å². The Labute approximate surface area is 216 Å². The number of Topliss-reactive ketones (excluding diaryl/α,β-unsaturated/α-hetero) is 1. The molecule has 4 rings (SSSR count). The zero-order chi connectivity index (χ0) is 25.1. The molecule has 2 aromatic carbocycles. The van der Waals surface area contributed by atoms with Crippen molar-refractivity contribution >= 4 is 39.3 Å². The number of allylic oxidation sites excluding steroid dienone is 2. The fourth-order valence-corrected chi connectivity index (χ4v) is 5.13. The number of esters is 1. The van der Waals surface area contributed by atoms with Gasteiger partial charge in [0, 0.05) is 29.0 Å². The summed E-state index contributed by atoms with van der Waals surface area (Å²) in [5, 5.41) is 0.584. The summed E-state index contributed by atoms with van der Waals surface area (Å²) in [7, 11) is 1.57. The van der Waals surface area contributed by atoms with Crippen LogP contribution in [0, 0.1) is 0 Å². The van der Waals surface area contributed by atoms with E-state index in [4.69, 9.17) is 36.3 Å². The third-order valence-corrected chi connectivity index (χ3v) is 6.75. The Morgan fingerprint density at radius 2 is 1.97 bits per heavy atom. The molecule has 1 aliphatic carbocycles. The van der Waals surface area contributed by atoms with Crippen molar-refractivity contribution < 1.29 is 28.5 Å². The summed E-state index contributed by atoms with van der Waals surface area (Å²) in [4.78, 5) is 25.9. The summed E-state index contributed by atoms with van der Waals surface area (Å²) in [6.07, 6.45) is 1.63. The molecule has 2 N–H and O–H groups in total. The van der Waals surface area contributed by atoms with E-state index in [1.165, 1.54) is 0 Å². The molecule has 0 fully saturated rings. The second-order valence-corrected chi connectivity index (χ2v) is 9.37. The minimum absolute atomic E-state index is 0.0411. The number of benzene rings is 2. The maximum Gasteiger partial charge on any atom is 0.340 e. The lowest BCUT2D eigenvalue weighted by molar-refractivity contribution is -0.139. The van der Waals surface area contributed by atoms with Crippen LogP contribution in [0.1, 0.15) is 43.2 Å². The van der Waals surface area contributed by atoms with Gasteiger partial charge in [0.15, 0.2) is 5.78 Å². The third-order valence-electron chi connectivity index (χ3n) is 5.89. The van der Waals surface area contributed by atoms with Crippen LogP contribution in [-0.2, 0) is 25.7 Å². The number of carbonyl (C=O) groups excluding carboxylic acids is 2. The number of methoxy groups -OCH3 is 1. The Balaban J connectivity index is 1.76. The van der Waals surface area contributed by atoms with Gasteiger partial charge in [-0.05, 0) is 65.2 Å². The van der Waals surface area contributed by atoms with Crippen LogP contribution in [0.3, 0.4) is 0 Å². The molecule has 0 aromatic heterocycles. The van der Waals surface area contributed by atoms with E-state index in [-0.39, 0.29) is 30.5 Å². The number of ketones is 1. The van der Waals surface area contributed by atoms with Gasteiger partial charge in [-0.2, -0.15) is 0 Å². The molecule has 1 heterocycles.